The minimum absolute atomic E-state index is 0.113. The molecule has 4 rings (SSSR count). The van der Waals surface area contributed by atoms with Crippen molar-refractivity contribution in [2.24, 2.45) is 0 Å². The van der Waals surface area contributed by atoms with Gasteiger partial charge in [-0.1, -0.05) is 37.3 Å². The smallest absolute Gasteiger partial charge is 0.251 e. The summed E-state index contributed by atoms with van der Waals surface area (Å²) in [7, 11) is 1.59. The zero-order chi connectivity index (χ0) is 22.7. The van der Waals surface area contributed by atoms with Crippen LogP contribution in [0.25, 0.3) is 11.1 Å². The first-order chi connectivity index (χ1) is 15.5. The molecule has 1 aliphatic rings. The van der Waals surface area contributed by atoms with Gasteiger partial charge in [-0.15, -0.1) is 0 Å². The van der Waals surface area contributed by atoms with Crippen LogP contribution in [0.4, 0.5) is 4.39 Å². The first-order valence-electron chi connectivity index (χ1n) is 10.7. The standard InChI is InChI=1S/C26H25FN2O3/c1-3-13-29-25(30)19-6-4-5-17(14-19)18-9-12-22-21(15-18)23(26(31)28-2)24(32-22)16-7-10-20(27)11-8-16/h4-12,14-15,23-24H,3,13H2,1-2H3,(H,28,31)(H,29,30). The van der Waals surface area contributed by atoms with Gasteiger partial charge >= 0.3 is 0 Å². The maximum Gasteiger partial charge on any atom is 0.251 e. The van der Waals surface area contributed by atoms with Gasteiger partial charge in [0.05, 0.1) is 0 Å². The highest BCUT2D eigenvalue weighted by Crippen LogP contribution is 2.47. The molecule has 3 aromatic carbocycles. The summed E-state index contributed by atoms with van der Waals surface area (Å²) in [6.07, 6.45) is 0.318. The Labute approximate surface area is 186 Å². The Kier molecular flexibility index (Phi) is 6.21. The molecule has 0 saturated carbocycles. The highest BCUT2D eigenvalue weighted by molar-refractivity contribution is 5.95. The Hall–Kier alpha value is -3.67. The van der Waals surface area contributed by atoms with Crippen molar-refractivity contribution in [3.63, 3.8) is 0 Å². The molecule has 0 saturated heterocycles. The molecule has 3 aromatic rings. The lowest BCUT2D eigenvalue weighted by Gasteiger charge is -2.18. The van der Waals surface area contributed by atoms with E-state index in [9.17, 15) is 14.0 Å². The number of carbonyl (C=O) groups is 2. The third-order valence-corrected chi connectivity index (χ3v) is 5.62. The summed E-state index contributed by atoms with van der Waals surface area (Å²) in [6.45, 7) is 2.63. The van der Waals surface area contributed by atoms with Crippen LogP contribution >= 0.6 is 0 Å². The van der Waals surface area contributed by atoms with Gasteiger partial charge in [-0.3, -0.25) is 9.59 Å². The molecule has 0 fully saturated rings. The highest BCUT2D eigenvalue weighted by Gasteiger charge is 2.40. The van der Waals surface area contributed by atoms with Gasteiger partial charge in [0, 0.05) is 24.7 Å². The maximum absolute atomic E-state index is 13.4. The SMILES string of the molecule is CCCNC(=O)c1cccc(-c2ccc3c(c2)C(C(=O)NC)C(c2ccc(F)cc2)O3)c1. The van der Waals surface area contributed by atoms with Gasteiger partial charge in [-0.2, -0.15) is 0 Å². The number of ether oxygens (including phenoxy) is 1. The first kappa shape index (κ1) is 21.6. The molecule has 2 unspecified atom stereocenters. The van der Waals surface area contributed by atoms with E-state index in [0.29, 0.717) is 17.9 Å². The third-order valence-electron chi connectivity index (χ3n) is 5.62. The minimum Gasteiger partial charge on any atom is -0.484 e. The Morgan fingerprint density at radius 3 is 2.47 bits per heavy atom. The Morgan fingerprint density at radius 1 is 1.00 bits per heavy atom. The predicted molar refractivity (Wildman–Crippen MR) is 121 cm³/mol. The predicted octanol–water partition coefficient (Wildman–Crippen LogP) is 4.60. The largest absolute Gasteiger partial charge is 0.484 e. The number of benzene rings is 3. The molecule has 1 aliphatic heterocycles. The first-order valence-corrected chi connectivity index (χ1v) is 10.7. The van der Waals surface area contributed by atoms with Crippen molar-refractivity contribution in [1.29, 1.82) is 0 Å². The van der Waals surface area contributed by atoms with E-state index in [0.717, 1.165) is 28.7 Å². The van der Waals surface area contributed by atoms with Crippen LogP contribution in [-0.2, 0) is 4.79 Å². The van der Waals surface area contributed by atoms with Crippen LogP contribution in [0.1, 0.15) is 46.9 Å². The number of likely N-dealkylation sites (N-methyl/N-ethyl adjacent to an activating group) is 1. The second-order valence-electron chi connectivity index (χ2n) is 7.77. The molecule has 0 radical (unpaired) electrons. The molecule has 32 heavy (non-hydrogen) atoms. The fraction of sp³-hybridized carbons (Fsp3) is 0.231. The van der Waals surface area contributed by atoms with Gasteiger partial charge in [0.15, 0.2) is 0 Å². The number of fused-ring (bicyclic) bond motifs is 1. The molecule has 2 atom stereocenters. The maximum atomic E-state index is 13.4. The van der Waals surface area contributed by atoms with Crippen LogP contribution in [0.5, 0.6) is 5.75 Å². The molecule has 6 heteroatoms. The second kappa shape index (κ2) is 9.22. The van der Waals surface area contributed by atoms with Gasteiger partial charge < -0.3 is 15.4 Å². The van der Waals surface area contributed by atoms with Crippen molar-refractivity contribution in [2.45, 2.75) is 25.4 Å². The van der Waals surface area contributed by atoms with Crippen molar-refractivity contribution in [3.8, 4) is 16.9 Å². The normalized spacial score (nSPS) is 16.7. The van der Waals surface area contributed by atoms with Crippen LogP contribution in [0.15, 0.2) is 66.7 Å². The van der Waals surface area contributed by atoms with E-state index in [1.165, 1.54) is 12.1 Å². The Morgan fingerprint density at radius 2 is 1.75 bits per heavy atom. The average Bonchev–Trinajstić information content (AvgIpc) is 3.21. The topological polar surface area (TPSA) is 67.4 Å². The number of amides is 2. The van der Waals surface area contributed by atoms with E-state index >= 15 is 0 Å². The van der Waals surface area contributed by atoms with Gasteiger partial charge in [0.1, 0.15) is 23.6 Å². The van der Waals surface area contributed by atoms with Crippen molar-refractivity contribution in [1.82, 2.24) is 10.6 Å². The molecule has 1 heterocycles. The summed E-state index contributed by atoms with van der Waals surface area (Å²) in [5, 5.41) is 5.60. The Balaban J connectivity index is 1.69. The van der Waals surface area contributed by atoms with Gasteiger partial charge in [-0.25, -0.2) is 4.39 Å². The zero-order valence-electron chi connectivity index (χ0n) is 18.0. The molecular weight excluding hydrogens is 407 g/mol. The average molecular weight is 432 g/mol. The summed E-state index contributed by atoms with van der Waals surface area (Å²) in [5.41, 5.74) is 3.83. The number of halogens is 1. The van der Waals surface area contributed by atoms with Crippen LogP contribution in [0, 0.1) is 5.82 Å². The molecular formula is C26H25FN2O3. The van der Waals surface area contributed by atoms with Gasteiger partial charge in [0.25, 0.3) is 5.91 Å². The molecule has 0 aromatic heterocycles. The van der Waals surface area contributed by atoms with Crippen molar-refractivity contribution in [3.05, 3.63) is 89.2 Å². The summed E-state index contributed by atoms with van der Waals surface area (Å²) >= 11 is 0. The van der Waals surface area contributed by atoms with Gasteiger partial charge in [-0.05, 0) is 59.5 Å². The third kappa shape index (κ3) is 4.21. The number of hydrogen-bond acceptors (Lipinski definition) is 3. The summed E-state index contributed by atoms with van der Waals surface area (Å²) in [5.74, 6) is -0.586. The van der Waals surface area contributed by atoms with Crippen LogP contribution in [0.3, 0.4) is 0 Å². The van der Waals surface area contributed by atoms with E-state index in [1.807, 2.05) is 43.3 Å². The lowest BCUT2D eigenvalue weighted by atomic mass is 9.88. The number of rotatable bonds is 6. The fourth-order valence-corrected chi connectivity index (χ4v) is 3.97. The van der Waals surface area contributed by atoms with E-state index in [4.69, 9.17) is 4.74 Å². The van der Waals surface area contributed by atoms with Crippen LogP contribution < -0.4 is 15.4 Å². The van der Waals surface area contributed by atoms with Gasteiger partial charge in [0.2, 0.25) is 5.91 Å². The van der Waals surface area contributed by atoms with E-state index in [-0.39, 0.29) is 17.6 Å². The highest BCUT2D eigenvalue weighted by atomic mass is 19.1. The number of carbonyl (C=O) groups excluding carboxylic acids is 2. The second-order valence-corrected chi connectivity index (χ2v) is 7.77. The molecule has 0 spiro atoms. The van der Waals surface area contributed by atoms with E-state index < -0.39 is 12.0 Å². The van der Waals surface area contributed by atoms with Crippen LogP contribution in [-0.4, -0.2) is 25.4 Å². The summed E-state index contributed by atoms with van der Waals surface area (Å²) in [6, 6.07) is 19.1. The molecule has 164 valence electrons. The zero-order valence-corrected chi connectivity index (χ0v) is 18.0. The Bertz CT molecular complexity index is 1140. The van der Waals surface area contributed by atoms with Crippen LogP contribution in [0.2, 0.25) is 0 Å². The molecule has 0 aliphatic carbocycles. The van der Waals surface area contributed by atoms with Crippen molar-refractivity contribution >= 4 is 11.8 Å². The quantitative estimate of drug-likeness (QED) is 0.598. The number of hydrogen-bond donors (Lipinski definition) is 2. The minimum atomic E-state index is -0.573. The summed E-state index contributed by atoms with van der Waals surface area (Å²) < 4.78 is 19.5. The lowest BCUT2D eigenvalue weighted by molar-refractivity contribution is -0.123. The number of nitrogens with one attached hydrogen (secondary N) is 2. The lowest BCUT2D eigenvalue weighted by Crippen LogP contribution is -2.28. The summed E-state index contributed by atoms with van der Waals surface area (Å²) in [4.78, 5) is 25.2. The fourth-order valence-electron chi connectivity index (χ4n) is 3.97. The van der Waals surface area contributed by atoms with Crippen molar-refractivity contribution in [2.75, 3.05) is 13.6 Å². The molecule has 5 nitrogen and oxygen atoms in total. The van der Waals surface area contributed by atoms with E-state index in [2.05, 4.69) is 10.6 Å². The molecule has 2 N–H and O–H groups in total. The monoisotopic (exact) mass is 432 g/mol. The molecule has 2 amide bonds. The van der Waals surface area contributed by atoms with Crippen molar-refractivity contribution < 1.29 is 18.7 Å². The molecule has 0 bridgehead atoms. The van der Waals surface area contributed by atoms with E-state index in [1.54, 1.807) is 25.2 Å².